The van der Waals surface area contributed by atoms with Gasteiger partial charge in [-0.15, -0.1) is 0 Å². The lowest BCUT2D eigenvalue weighted by atomic mass is 10.2. The van der Waals surface area contributed by atoms with Crippen molar-refractivity contribution in [3.05, 3.63) is 35.5 Å². The second-order valence-electron chi connectivity index (χ2n) is 3.82. The van der Waals surface area contributed by atoms with E-state index in [2.05, 4.69) is 31.4 Å². The van der Waals surface area contributed by atoms with Crippen LogP contribution in [0.2, 0.25) is 0 Å². The minimum atomic E-state index is 0.520. The summed E-state index contributed by atoms with van der Waals surface area (Å²) in [6, 6.07) is 3.87. The van der Waals surface area contributed by atoms with Gasteiger partial charge in [0.2, 0.25) is 0 Å². The third-order valence-electron chi connectivity index (χ3n) is 2.81. The summed E-state index contributed by atoms with van der Waals surface area (Å²) in [6.07, 6.45) is 5.12. The molecule has 3 aromatic heterocycles. The quantitative estimate of drug-likeness (QED) is 0.717. The smallest absolute Gasteiger partial charge is 0.157 e. The molecule has 0 radical (unpaired) electrons. The molecule has 0 fully saturated rings. The molecule has 6 heteroatoms. The van der Waals surface area contributed by atoms with Gasteiger partial charge in [-0.3, -0.25) is 4.98 Å². The summed E-state index contributed by atoms with van der Waals surface area (Å²) in [5, 5.41) is 0. The maximum absolute atomic E-state index is 5.21. The van der Waals surface area contributed by atoms with Gasteiger partial charge in [-0.05, 0) is 19.1 Å². The molecule has 3 heterocycles. The molecule has 3 aromatic rings. The molecule has 5 nitrogen and oxygen atoms in total. The lowest BCUT2D eigenvalue weighted by Crippen LogP contribution is -1.98. The third-order valence-corrected chi connectivity index (χ3v) is 3.11. The summed E-state index contributed by atoms with van der Waals surface area (Å²) in [7, 11) is 0. The van der Waals surface area contributed by atoms with Crippen molar-refractivity contribution in [2.75, 3.05) is 0 Å². The van der Waals surface area contributed by atoms with Crippen LogP contribution in [0.5, 0.6) is 0 Å². The Morgan fingerprint density at radius 1 is 1.33 bits per heavy atom. The Hall–Kier alpha value is -2.08. The average Bonchev–Trinajstić information content (AvgIpc) is 2.80. The fourth-order valence-corrected chi connectivity index (χ4v) is 2.19. The Morgan fingerprint density at radius 3 is 2.83 bits per heavy atom. The molecule has 0 atom stereocenters. The number of rotatable bonds is 2. The summed E-state index contributed by atoms with van der Waals surface area (Å²) >= 11 is 5.21. The van der Waals surface area contributed by atoms with Gasteiger partial charge >= 0.3 is 0 Å². The number of hydrogen-bond donors (Lipinski definition) is 1. The number of nitrogens with one attached hydrogen (secondary N) is 1. The number of hydrogen-bond acceptors (Lipinski definition) is 4. The maximum atomic E-state index is 5.21. The molecule has 1 N–H and O–H groups in total. The highest BCUT2D eigenvalue weighted by Crippen LogP contribution is 2.22. The maximum Gasteiger partial charge on any atom is 0.157 e. The highest BCUT2D eigenvalue weighted by Gasteiger charge is 2.12. The van der Waals surface area contributed by atoms with Crippen molar-refractivity contribution in [3.63, 3.8) is 0 Å². The predicted octanol–water partition coefficient (Wildman–Crippen LogP) is 2.57. The number of imidazole rings is 1. The van der Waals surface area contributed by atoms with Gasteiger partial charge < -0.3 is 9.55 Å². The zero-order valence-electron chi connectivity index (χ0n) is 9.79. The van der Waals surface area contributed by atoms with Crippen molar-refractivity contribution in [2.24, 2.45) is 0 Å². The van der Waals surface area contributed by atoms with Crippen LogP contribution in [0.1, 0.15) is 6.92 Å². The molecular formula is C12H11N5S. The van der Waals surface area contributed by atoms with E-state index >= 15 is 0 Å². The van der Waals surface area contributed by atoms with Crippen molar-refractivity contribution in [1.29, 1.82) is 0 Å². The monoisotopic (exact) mass is 257 g/mol. The van der Waals surface area contributed by atoms with E-state index in [0.717, 1.165) is 29.1 Å². The van der Waals surface area contributed by atoms with Crippen LogP contribution in [0.4, 0.5) is 0 Å². The van der Waals surface area contributed by atoms with E-state index in [1.54, 1.807) is 18.7 Å². The Labute approximate surface area is 109 Å². The second-order valence-corrected chi connectivity index (χ2v) is 4.21. The van der Waals surface area contributed by atoms with Crippen molar-refractivity contribution in [3.8, 4) is 11.4 Å². The van der Waals surface area contributed by atoms with E-state index in [-0.39, 0.29) is 0 Å². The van der Waals surface area contributed by atoms with Crippen LogP contribution in [0.25, 0.3) is 22.6 Å². The topological polar surface area (TPSA) is 59.4 Å². The van der Waals surface area contributed by atoms with E-state index in [0.29, 0.717) is 4.64 Å². The van der Waals surface area contributed by atoms with Gasteiger partial charge in [0, 0.05) is 24.5 Å². The van der Waals surface area contributed by atoms with Crippen LogP contribution in [0.15, 0.2) is 30.9 Å². The van der Waals surface area contributed by atoms with Gasteiger partial charge in [0.15, 0.2) is 4.64 Å². The van der Waals surface area contributed by atoms with Gasteiger partial charge in [0.1, 0.15) is 17.0 Å². The molecule has 0 aliphatic rings. The molecule has 0 bridgehead atoms. The van der Waals surface area contributed by atoms with Crippen LogP contribution in [0, 0.1) is 4.64 Å². The molecule has 0 unspecified atom stereocenters. The fraction of sp³-hybridized carbons (Fsp3) is 0.167. The zero-order valence-corrected chi connectivity index (χ0v) is 10.6. The van der Waals surface area contributed by atoms with Crippen LogP contribution in [-0.4, -0.2) is 24.5 Å². The van der Waals surface area contributed by atoms with E-state index in [4.69, 9.17) is 12.2 Å². The summed E-state index contributed by atoms with van der Waals surface area (Å²) in [4.78, 5) is 15.8. The summed E-state index contributed by atoms with van der Waals surface area (Å²) in [5.41, 5.74) is 2.66. The summed E-state index contributed by atoms with van der Waals surface area (Å²) in [5.74, 6) is 0.880. The Balaban J connectivity index is 2.37. The summed E-state index contributed by atoms with van der Waals surface area (Å²) < 4.78 is 2.61. The fourth-order valence-electron chi connectivity index (χ4n) is 1.99. The zero-order chi connectivity index (χ0) is 12.5. The number of fused-ring (bicyclic) bond motifs is 1. The van der Waals surface area contributed by atoms with Crippen LogP contribution in [0.3, 0.4) is 0 Å². The van der Waals surface area contributed by atoms with Crippen LogP contribution in [-0.2, 0) is 6.54 Å². The molecule has 0 aliphatic heterocycles. The second kappa shape index (κ2) is 4.30. The molecule has 3 rings (SSSR count). The van der Waals surface area contributed by atoms with E-state index in [1.165, 1.54) is 0 Å². The minimum absolute atomic E-state index is 0.520. The van der Waals surface area contributed by atoms with Crippen molar-refractivity contribution in [1.82, 2.24) is 24.5 Å². The molecule has 0 amide bonds. The van der Waals surface area contributed by atoms with E-state index < -0.39 is 0 Å². The first kappa shape index (κ1) is 11.0. The van der Waals surface area contributed by atoms with Crippen LogP contribution < -0.4 is 0 Å². The molecule has 90 valence electrons. The number of aryl methyl sites for hydroxylation is 1. The van der Waals surface area contributed by atoms with E-state index in [9.17, 15) is 0 Å². The van der Waals surface area contributed by atoms with Crippen LogP contribution >= 0.6 is 12.2 Å². The average molecular weight is 257 g/mol. The lowest BCUT2D eigenvalue weighted by molar-refractivity contribution is 0.786. The Kier molecular flexibility index (Phi) is 2.64. The molecule has 0 spiro atoms. The highest BCUT2D eigenvalue weighted by molar-refractivity contribution is 7.71. The molecule has 0 saturated carbocycles. The number of aromatic amines is 1. The SMILES string of the molecule is CCn1c(-c2ccncc2)nc2c(=S)nc[nH]c21. The number of nitrogens with zero attached hydrogens (tertiary/aromatic N) is 4. The first-order valence-electron chi connectivity index (χ1n) is 5.65. The molecule has 0 saturated heterocycles. The molecule has 18 heavy (non-hydrogen) atoms. The van der Waals surface area contributed by atoms with Crippen molar-refractivity contribution < 1.29 is 0 Å². The van der Waals surface area contributed by atoms with Gasteiger partial charge in [-0.2, -0.15) is 0 Å². The highest BCUT2D eigenvalue weighted by atomic mass is 32.1. The van der Waals surface area contributed by atoms with Gasteiger partial charge in [0.25, 0.3) is 0 Å². The predicted molar refractivity (Wildman–Crippen MR) is 71.6 cm³/mol. The lowest BCUT2D eigenvalue weighted by Gasteiger charge is -2.04. The minimum Gasteiger partial charge on any atom is -0.330 e. The number of pyridine rings is 1. The first-order chi connectivity index (χ1) is 8.81. The molecular weight excluding hydrogens is 246 g/mol. The van der Waals surface area contributed by atoms with Gasteiger partial charge in [0.05, 0.1) is 6.33 Å². The van der Waals surface area contributed by atoms with Gasteiger partial charge in [-0.1, -0.05) is 12.2 Å². The Bertz CT molecular complexity index is 744. The Morgan fingerprint density at radius 2 is 2.11 bits per heavy atom. The normalized spacial score (nSPS) is 10.9. The summed E-state index contributed by atoms with van der Waals surface area (Å²) in [6.45, 7) is 2.88. The third kappa shape index (κ3) is 1.62. The van der Waals surface area contributed by atoms with Crippen molar-refractivity contribution >= 4 is 23.4 Å². The first-order valence-corrected chi connectivity index (χ1v) is 6.06. The van der Waals surface area contributed by atoms with Gasteiger partial charge in [-0.25, -0.2) is 9.97 Å². The largest absolute Gasteiger partial charge is 0.330 e. The molecule has 0 aromatic carbocycles. The number of aromatic nitrogens is 5. The number of H-pyrrole nitrogens is 1. The standard InChI is InChI=1S/C12H11N5S/c1-2-17-10(8-3-5-13-6-4-8)16-9-11(17)14-7-15-12(9)18/h3-7H,2H2,1H3,(H,14,15,18). The van der Waals surface area contributed by atoms with E-state index in [1.807, 2.05) is 12.1 Å². The molecule has 0 aliphatic carbocycles. The van der Waals surface area contributed by atoms with Crippen molar-refractivity contribution in [2.45, 2.75) is 13.5 Å².